The molecular formula is C34H35F3N6O3. The SMILES string of the molecule is C=CC(=O)N1CC2CCN(C)c3c(F)c(-c4c(O)cccc4F)c(F)c4c3c(nc(=O)n4-c3c(C)ccnc3C(C)C)N2CC1C. The Hall–Kier alpha value is -4.87. The van der Waals surface area contributed by atoms with E-state index < -0.39 is 40.0 Å². The fourth-order valence-electron chi connectivity index (χ4n) is 6.84. The topological polar surface area (TPSA) is 94.8 Å². The number of benzene rings is 2. The van der Waals surface area contributed by atoms with Crippen LogP contribution in [0.3, 0.4) is 0 Å². The molecule has 0 saturated carbocycles. The highest BCUT2D eigenvalue weighted by molar-refractivity contribution is 6.05. The van der Waals surface area contributed by atoms with Crippen molar-refractivity contribution < 1.29 is 23.1 Å². The van der Waals surface area contributed by atoms with Crippen LogP contribution in [0.4, 0.5) is 24.7 Å². The van der Waals surface area contributed by atoms with E-state index in [0.29, 0.717) is 17.7 Å². The van der Waals surface area contributed by atoms with Crippen molar-refractivity contribution in [2.45, 2.75) is 52.1 Å². The first-order valence-corrected chi connectivity index (χ1v) is 15.2. The molecule has 46 heavy (non-hydrogen) atoms. The maximum absolute atomic E-state index is 17.3. The van der Waals surface area contributed by atoms with Crippen LogP contribution in [0.2, 0.25) is 0 Å². The highest BCUT2D eigenvalue weighted by Gasteiger charge is 2.40. The molecule has 240 valence electrons. The highest BCUT2D eigenvalue weighted by atomic mass is 19.1. The number of aryl methyl sites for hydroxylation is 1. The Kier molecular flexibility index (Phi) is 7.77. The van der Waals surface area contributed by atoms with Crippen molar-refractivity contribution in [3.63, 3.8) is 0 Å². The Labute approximate surface area is 264 Å². The monoisotopic (exact) mass is 632 g/mol. The van der Waals surface area contributed by atoms with Gasteiger partial charge in [0.25, 0.3) is 0 Å². The van der Waals surface area contributed by atoms with Crippen LogP contribution in [0.1, 0.15) is 44.4 Å². The molecule has 2 aliphatic rings. The molecule has 6 rings (SSSR count). The van der Waals surface area contributed by atoms with Gasteiger partial charge in [-0.05, 0) is 56.0 Å². The van der Waals surface area contributed by atoms with Gasteiger partial charge in [0.05, 0.1) is 33.6 Å². The van der Waals surface area contributed by atoms with Gasteiger partial charge < -0.3 is 19.8 Å². The van der Waals surface area contributed by atoms with Crippen molar-refractivity contribution in [3.8, 4) is 22.6 Å². The number of piperazine rings is 1. The van der Waals surface area contributed by atoms with E-state index in [1.165, 1.54) is 12.1 Å². The lowest BCUT2D eigenvalue weighted by Crippen LogP contribution is -2.60. The number of amides is 1. The summed E-state index contributed by atoms with van der Waals surface area (Å²) in [6.45, 7) is 11.8. The largest absolute Gasteiger partial charge is 0.507 e. The van der Waals surface area contributed by atoms with Crippen molar-refractivity contribution in [2.24, 2.45) is 0 Å². The van der Waals surface area contributed by atoms with E-state index in [0.717, 1.165) is 16.7 Å². The number of fused-ring (bicyclic) bond motifs is 2. The Morgan fingerprint density at radius 1 is 1.11 bits per heavy atom. The first-order valence-electron chi connectivity index (χ1n) is 15.2. The van der Waals surface area contributed by atoms with E-state index in [1.54, 1.807) is 36.0 Å². The number of rotatable bonds is 4. The fraction of sp³-hybridized carbons (Fsp3) is 0.353. The van der Waals surface area contributed by atoms with Gasteiger partial charge in [0.15, 0.2) is 11.6 Å². The number of hydrogen-bond acceptors (Lipinski definition) is 7. The second-order valence-corrected chi connectivity index (χ2v) is 12.3. The van der Waals surface area contributed by atoms with E-state index in [9.17, 15) is 14.7 Å². The molecule has 4 heterocycles. The molecule has 2 unspecified atom stereocenters. The van der Waals surface area contributed by atoms with Crippen molar-refractivity contribution in [2.75, 3.05) is 36.5 Å². The zero-order valence-corrected chi connectivity index (χ0v) is 26.3. The average Bonchev–Trinajstić information content (AvgIpc) is 3.00. The lowest BCUT2D eigenvalue weighted by Gasteiger charge is -2.47. The number of phenols is 1. The smallest absolute Gasteiger partial charge is 0.354 e. The lowest BCUT2D eigenvalue weighted by molar-refractivity contribution is -0.128. The third kappa shape index (κ3) is 4.69. The van der Waals surface area contributed by atoms with Crippen LogP contribution >= 0.6 is 0 Å². The molecule has 4 aromatic rings. The minimum Gasteiger partial charge on any atom is -0.507 e. The summed E-state index contributed by atoms with van der Waals surface area (Å²) in [6.07, 6.45) is 3.28. The second-order valence-electron chi connectivity index (χ2n) is 12.3. The summed E-state index contributed by atoms with van der Waals surface area (Å²) in [5.74, 6) is -4.38. The van der Waals surface area contributed by atoms with Gasteiger partial charge in [-0.3, -0.25) is 14.3 Å². The number of aromatic hydroxyl groups is 1. The van der Waals surface area contributed by atoms with Crippen LogP contribution in [0.5, 0.6) is 5.75 Å². The molecule has 0 aliphatic carbocycles. The Morgan fingerprint density at radius 2 is 1.85 bits per heavy atom. The fourth-order valence-corrected chi connectivity index (χ4v) is 6.84. The highest BCUT2D eigenvalue weighted by Crippen LogP contribution is 2.47. The molecule has 0 radical (unpaired) electrons. The zero-order chi connectivity index (χ0) is 33.2. The molecule has 2 atom stereocenters. The molecule has 9 nitrogen and oxygen atoms in total. The summed E-state index contributed by atoms with van der Waals surface area (Å²) < 4.78 is 50.7. The summed E-state index contributed by atoms with van der Waals surface area (Å²) in [5, 5.41) is 10.7. The Bertz CT molecular complexity index is 1960. The molecular weight excluding hydrogens is 597 g/mol. The van der Waals surface area contributed by atoms with Gasteiger partial charge in [0.2, 0.25) is 5.91 Å². The maximum Gasteiger partial charge on any atom is 0.354 e. The number of hydrogen-bond donors (Lipinski definition) is 1. The van der Waals surface area contributed by atoms with Crippen molar-refractivity contribution >= 4 is 28.3 Å². The summed E-state index contributed by atoms with van der Waals surface area (Å²) >= 11 is 0. The number of anilines is 2. The number of pyridine rings is 1. The van der Waals surface area contributed by atoms with E-state index in [2.05, 4.69) is 16.5 Å². The van der Waals surface area contributed by atoms with Crippen molar-refractivity contribution in [3.05, 3.63) is 82.3 Å². The molecule has 2 aromatic heterocycles. The molecule has 1 amide bonds. The number of aromatic nitrogens is 3. The van der Waals surface area contributed by atoms with Crippen LogP contribution in [-0.2, 0) is 4.79 Å². The van der Waals surface area contributed by atoms with Gasteiger partial charge in [0.1, 0.15) is 22.9 Å². The molecule has 0 bridgehead atoms. The number of carbonyl (C=O) groups excluding carboxylic acids is 1. The Morgan fingerprint density at radius 3 is 2.52 bits per heavy atom. The van der Waals surface area contributed by atoms with Crippen LogP contribution in [0, 0.1) is 24.4 Å². The number of halogens is 3. The average molecular weight is 633 g/mol. The molecule has 2 aliphatic heterocycles. The van der Waals surface area contributed by atoms with E-state index in [4.69, 9.17) is 0 Å². The van der Waals surface area contributed by atoms with Gasteiger partial charge in [-0.1, -0.05) is 26.5 Å². The van der Waals surface area contributed by atoms with Crippen LogP contribution < -0.4 is 15.5 Å². The molecule has 1 saturated heterocycles. The molecule has 12 heteroatoms. The number of nitrogens with zero attached hydrogens (tertiary/aromatic N) is 6. The quantitative estimate of drug-likeness (QED) is 0.300. The van der Waals surface area contributed by atoms with Crippen molar-refractivity contribution in [1.29, 1.82) is 0 Å². The molecule has 0 spiro atoms. The van der Waals surface area contributed by atoms with Crippen LogP contribution in [-0.4, -0.2) is 69.2 Å². The number of carbonyl (C=O) groups is 1. The van der Waals surface area contributed by atoms with Crippen LogP contribution in [0.25, 0.3) is 27.7 Å². The lowest BCUT2D eigenvalue weighted by atomic mass is 9.95. The van der Waals surface area contributed by atoms with Crippen molar-refractivity contribution in [1.82, 2.24) is 19.4 Å². The molecule has 1 N–H and O–H groups in total. The molecule has 2 aromatic carbocycles. The van der Waals surface area contributed by atoms with E-state index in [-0.39, 0.29) is 71.6 Å². The van der Waals surface area contributed by atoms with Crippen LogP contribution in [0.15, 0.2) is 47.9 Å². The molecule has 1 fully saturated rings. The van der Waals surface area contributed by atoms with Gasteiger partial charge in [-0.25, -0.2) is 18.0 Å². The Balaban J connectivity index is 1.80. The minimum atomic E-state index is -1.23. The number of phenolic OH excluding ortho intramolecular Hbond substituents is 1. The zero-order valence-electron chi connectivity index (χ0n) is 26.3. The second kappa shape index (κ2) is 11.5. The third-order valence-electron chi connectivity index (χ3n) is 9.09. The third-order valence-corrected chi connectivity index (χ3v) is 9.09. The predicted octanol–water partition coefficient (Wildman–Crippen LogP) is 5.43. The first kappa shape index (κ1) is 31.1. The van der Waals surface area contributed by atoms with Gasteiger partial charge >= 0.3 is 5.69 Å². The standard InChI is InChI=1S/C34H35F3N6O3/c1-7-23(45)41-16-20-12-14-40(6)31-26-32(28(37)25(27(31)36)24-21(35)9-8-10-22(24)44)43(30-18(4)11-13-38-29(30)17(2)3)34(46)39-33(26)42(20)15-19(41)5/h7-11,13,17,19-20,44H,1,12,14-16H2,2-6H3. The minimum absolute atomic E-state index is 0.0232. The predicted molar refractivity (Wildman–Crippen MR) is 171 cm³/mol. The van der Waals surface area contributed by atoms with E-state index >= 15 is 13.2 Å². The van der Waals surface area contributed by atoms with Gasteiger partial charge in [-0.2, -0.15) is 4.98 Å². The van der Waals surface area contributed by atoms with Gasteiger partial charge in [0, 0.05) is 45.0 Å². The van der Waals surface area contributed by atoms with Gasteiger partial charge in [-0.15, -0.1) is 0 Å². The summed E-state index contributed by atoms with van der Waals surface area (Å²) in [6, 6.07) is 4.40. The normalized spacial score (nSPS) is 18.1. The summed E-state index contributed by atoms with van der Waals surface area (Å²) in [4.78, 5) is 41.1. The summed E-state index contributed by atoms with van der Waals surface area (Å²) in [5.41, 5.74) is -1.31. The maximum atomic E-state index is 17.3. The van der Waals surface area contributed by atoms with E-state index in [1.807, 2.05) is 25.7 Å². The summed E-state index contributed by atoms with van der Waals surface area (Å²) in [7, 11) is 1.63. The first-order chi connectivity index (χ1) is 21.9.